The number of carbonyl (C=O) groups is 1. The molecule has 2 rings (SSSR count). The average Bonchev–Trinajstić information content (AvgIpc) is 2.43. The topological polar surface area (TPSA) is 73.2 Å². The Morgan fingerprint density at radius 2 is 2.14 bits per heavy atom. The first-order chi connectivity index (χ1) is 9.99. The van der Waals surface area contributed by atoms with Crippen LogP contribution >= 0.6 is 11.6 Å². The normalized spacial score (nSPS) is 10.2. The molecule has 1 aromatic heterocycles. The van der Waals surface area contributed by atoms with Crippen LogP contribution < -0.4 is 15.6 Å². The van der Waals surface area contributed by atoms with Crippen LogP contribution in [0.1, 0.15) is 5.69 Å². The molecule has 1 aromatic carbocycles. The first-order valence-corrected chi connectivity index (χ1v) is 6.55. The van der Waals surface area contributed by atoms with E-state index in [2.05, 4.69) is 10.4 Å². The van der Waals surface area contributed by atoms with E-state index in [1.54, 1.807) is 31.2 Å². The number of amides is 1. The smallest absolute Gasteiger partial charge is 0.267 e. The quantitative estimate of drug-likeness (QED) is 0.935. The summed E-state index contributed by atoms with van der Waals surface area (Å²) in [4.78, 5) is 23.5. The first kappa shape index (κ1) is 15.1. The Morgan fingerprint density at radius 3 is 2.81 bits per heavy atom. The molecule has 0 fully saturated rings. The number of anilines is 1. The number of ether oxygens (including phenoxy) is 1. The van der Waals surface area contributed by atoms with Gasteiger partial charge in [-0.3, -0.25) is 9.59 Å². The van der Waals surface area contributed by atoms with Gasteiger partial charge >= 0.3 is 0 Å². The van der Waals surface area contributed by atoms with Gasteiger partial charge in [0.2, 0.25) is 5.91 Å². The van der Waals surface area contributed by atoms with Gasteiger partial charge < -0.3 is 10.1 Å². The number of hydrogen-bond donors (Lipinski definition) is 1. The molecule has 0 aliphatic heterocycles. The van der Waals surface area contributed by atoms with Gasteiger partial charge in [-0.1, -0.05) is 11.6 Å². The number of rotatable bonds is 4. The maximum atomic E-state index is 11.9. The third kappa shape index (κ3) is 3.82. The lowest BCUT2D eigenvalue weighted by Crippen LogP contribution is -2.29. The summed E-state index contributed by atoms with van der Waals surface area (Å²) in [7, 11) is 1.51. The van der Waals surface area contributed by atoms with Crippen molar-refractivity contribution < 1.29 is 9.53 Å². The highest BCUT2D eigenvalue weighted by Crippen LogP contribution is 2.27. The molecule has 0 unspecified atom stereocenters. The highest BCUT2D eigenvalue weighted by atomic mass is 35.5. The Balaban J connectivity index is 2.10. The van der Waals surface area contributed by atoms with E-state index in [9.17, 15) is 9.59 Å². The maximum Gasteiger partial charge on any atom is 0.267 e. The van der Waals surface area contributed by atoms with Crippen LogP contribution in [0.5, 0.6) is 5.75 Å². The summed E-state index contributed by atoms with van der Waals surface area (Å²) in [6, 6.07) is 7.86. The number of carbonyl (C=O) groups excluding carboxylic acids is 1. The summed E-state index contributed by atoms with van der Waals surface area (Å²) in [5, 5.41) is 7.04. The zero-order chi connectivity index (χ0) is 15.4. The minimum absolute atomic E-state index is 0.163. The summed E-state index contributed by atoms with van der Waals surface area (Å²) in [5.41, 5.74) is 0.852. The Hall–Kier alpha value is -2.34. The molecule has 7 heteroatoms. The van der Waals surface area contributed by atoms with Gasteiger partial charge in [-0.15, -0.1) is 0 Å². The second kappa shape index (κ2) is 6.41. The van der Waals surface area contributed by atoms with Gasteiger partial charge in [-0.05, 0) is 31.2 Å². The largest absolute Gasteiger partial charge is 0.495 e. The lowest BCUT2D eigenvalue weighted by Gasteiger charge is -2.09. The molecule has 1 amide bonds. The van der Waals surface area contributed by atoms with Crippen LogP contribution in [-0.2, 0) is 11.3 Å². The van der Waals surface area contributed by atoms with Crippen LogP contribution in [-0.4, -0.2) is 22.8 Å². The molecular weight excluding hydrogens is 294 g/mol. The molecular formula is C14H14ClN3O3. The van der Waals surface area contributed by atoms with Crippen LogP contribution in [0.15, 0.2) is 35.1 Å². The Morgan fingerprint density at radius 1 is 1.38 bits per heavy atom. The molecule has 0 spiro atoms. The Kier molecular flexibility index (Phi) is 4.59. The number of nitrogens with zero attached hydrogens (tertiary/aromatic N) is 2. The van der Waals surface area contributed by atoms with Crippen molar-refractivity contribution in [3.63, 3.8) is 0 Å². The van der Waals surface area contributed by atoms with Gasteiger partial charge in [0, 0.05) is 11.8 Å². The molecule has 1 N–H and O–H groups in total. The number of halogens is 1. The van der Waals surface area contributed by atoms with Crippen molar-refractivity contribution in [1.29, 1.82) is 0 Å². The third-order valence-corrected chi connectivity index (χ3v) is 3.02. The number of benzene rings is 1. The molecule has 21 heavy (non-hydrogen) atoms. The van der Waals surface area contributed by atoms with Gasteiger partial charge in [0.25, 0.3) is 5.56 Å². The van der Waals surface area contributed by atoms with Crippen LogP contribution in [0.3, 0.4) is 0 Å². The summed E-state index contributed by atoms with van der Waals surface area (Å²) in [5.74, 6) is 0.155. The van der Waals surface area contributed by atoms with Crippen molar-refractivity contribution >= 4 is 23.2 Å². The average molecular weight is 308 g/mol. The van der Waals surface area contributed by atoms with Gasteiger partial charge in [0.05, 0.1) is 17.8 Å². The van der Waals surface area contributed by atoms with E-state index in [-0.39, 0.29) is 18.0 Å². The van der Waals surface area contributed by atoms with Gasteiger partial charge in [-0.2, -0.15) is 5.10 Å². The van der Waals surface area contributed by atoms with Crippen molar-refractivity contribution in [3.8, 4) is 5.75 Å². The van der Waals surface area contributed by atoms with E-state index < -0.39 is 0 Å². The summed E-state index contributed by atoms with van der Waals surface area (Å²) in [6.07, 6.45) is 0. The number of methoxy groups -OCH3 is 1. The fourth-order valence-corrected chi connectivity index (χ4v) is 2.00. The predicted molar refractivity (Wildman–Crippen MR) is 79.9 cm³/mol. The second-order valence-corrected chi connectivity index (χ2v) is 4.78. The zero-order valence-corrected chi connectivity index (χ0v) is 12.3. The van der Waals surface area contributed by atoms with E-state index in [0.29, 0.717) is 22.2 Å². The molecule has 0 bridgehead atoms. The zero-order valence-electron chi connectivity index (χ0n) is 11.6. The molecule has 6 nitrogen and oxygen atoms in total. The molecule has 0 aliphatic carbocycles. The fourth-order valence-electron chi connectivity index (χ4n) is 1.74. The van der Waals surface area contributed by atoms with Crippen molar-refractivity contribution in [2.75, 3.05) is 12.4 Å². The minimum atomic E-state index is -0.364. The summed E-state index contributed by atoms with van der Waals surface area (Å²) in [6.45, 7) is 1.58. The Bertz CT molecular complexity index is 728. The predicted octanol–water partition coefficient (Wildman–Crippen LogP) is 1.85. The van der Waals surface area contributed by atoms with E-state index in [0.717, 1.165) is 4.68 Å². The molecule has 0 saturated carbocycles. The summed E-state index contributed by atoms with van der Waals surface area (Å²) < 4.78 is 6.14. The Labute approximate surface area is 126 Å². The molecule has 110 valence electrons. The van der Waals surface area contributed by atoms with Crippen molar-refractivity contribution in [2.24, 2.45) is 0 Å². The van der Waals surface area contributed by atoms with Crippen molar-refractivity contribution in [2.45, 2.75) is 13.5 Å². The van der Waals surface area contributed by atoms with E-state index in [1.165, 1.54) is 13.2 Å². The lowest BCUT2D eigenvalue weighted by atomic mass is 10.3. The van der Waals surface area contributed by atoms with Crippen molar-refractivity contribution in [1.82, 2.24) is 9.78 Å². The SMILES string of the molecule is COc1ccc(NC(=O)Cn2nc(C)ccc2=O)cc1Cl. The highest BCUT2D eigenvalue weighted by molar-refractivity contribution is 6.32. The molecule has 2 aromatic rings. The van der Waals surface area contributed by atoms with E-state index >= 15 is 0 Å². The van der Waals surface area contributed by atoms with Crippen LogP contribution in [0.4, 0.5) is 5.69 Å². The molecule has 0 aliphatic rings. The molecule has 0 atom stereocenters. The first-order valence-electron chi connectivity index (χ1n) is 6.18. The molecule has 0 radical (unpaired) electrons. The third-order valence-electron chi connectivity index (χ3n) is 2.73. The fraction of sp³-hybridized carbons (Fsp3) is 0.214. The van der Waals surface area contributed by atoms with Crippen molar-refractivity contribution in [3.05, 3.63) is 51.4 Å². The second-order valence-electron chi connectivity index (χ2n) is 4.37. The van der Waals surface area contributed by atoms with Crippen LogP contribution in [0.2, 0.25) is 5.02 Å². The number of aryl methyl sites for hydroxylation is 1. The van der Waals surface area contributed by atoms with Crippen LogP contribution in [0, 0.1) is 6.92 Å². The number of aromatic nitrogens is 2. The standard InChI is InChI=1S/C14H14ClN3O3/c1-9-3-6-14(20)18(17-9)8-13(19)16-10-4-5-12(21-2)11(15)7-10/h3-7H,8H2,1-2H3,(H,16,19). The monoisotopic (exact) mass is 307 g/mol. The maximum absolute atomic E-state index is 11.9. The van der Waals surface area contributed by atoms with Gasteiger partial charge in [-0.25, -0.2) is 4.68 Å². The van der Waals surface area contributed by atoms with E-state index in [4.69, 9.17) is 16.3 Å². The van der Waals surface area contributed by atoms with Gasteiger partial charge in [0.1, 0.15) is 12.3 Å². The molecule has 1 heterocycles. The summed E-state index contributed by atoms with van der Waals surface area (Å²) >= 11 is 5.98. The van der Waals surface area contributed by atoms with Gasteiger partial charge in [0.15, 0.2) is 0 Å². The van der Waals surface area contributed by atoms with Crippen LogP contribution in [0.25, 0.3) is 0 Å². The minimum Gasteiger partial charge on any atom is -0.495 e. The number of nitrogens with one attached hydrogen (secondary N) is 1. The highest BCUT2D eigenvalue weighted by Gasteiger charge is 2.08. The lowest BCUT2D eigenvalue weighted by molar-refractivity contribution is -0.117. The molecule has 0 saturated heterocycles. The number of hydrogen-bond acceptors (Lipinski definition) is 4. The van der Waals surface area contributed by atoms with E-state index in [1.807, 2.05) is 0 Å².